The Bertz CT molecular complexity index is 187. The minimum atomic E-state index is -0.111. The molecule has 15 heavy (non-hydrogen) atoms. The molecule has 0 amide bonds. The van der Waals surface area contributed by atoms with Crippen molar-refractivity contribution in [3.63, 3.8) is 0 Å². The van der Waals surface area contributed by atoms with Crippen LogP contribution in [0.5, 0.6) is 0 Å². The molecular formula is C13H24O2. The Labute approximate surface area is 93.0 Å². The van der Waals surface area contributed by atoms with Crippen LogP contribution in [0.25, 0.3) is 0 Å². The Morgan fingerprint density at radius 1 is 1.27 bits per heavy atom. The summed E-state index contributed by atoms with van der Waals surface area (Å²) in [5.41, 5.74) is 0. The summed E-state index contributed by atoms with van der Waals surface area (Å²) in [6.45, 7) is 3.01. The minimum absolute atomic E-state index is 0.111. The van der Waals surface area contributed by atoms with Crippen LogP contribution >= 0.6 is 0 Å². The van der Waals surface area contributed by atoms with Crippen LogP contribution in [-0.2, 0) is 4.74 Å². The standard InChI is InChI=1S/C13H24O2/c1-2-13-11(7-8-15-13)12(14)9-10-5-3-4-6-10/h10-14H,2-9H2,1H3. The van der Waals surface area contributed by atoms with Gasteiger partial charge in [-0.1, -0.05) is 32.6 Å². The summed E-state index contributed by atoms with van der Waals surface area (Å²) >= 11 is 0. The fourth-order valence-corrected chi connectivity index (χ4v) is 3.29. The van der Waals surface area contributed by atoms with Crippen LogP contribution in [0.3, 0.4) is 0 Å². The highest BCUT2D eigenvalue weighted by Crippen LogP contribution is 2.34. The lowest BCUT2D eigenvalue weighted by molar-refractivity contribution is 0.0208. The largest absolute Gasteiger partial charge is 0.393 e. The highest BCUT2D eigenvalue weighted by Gasteiger charge is 2.34. The van der Waals surface area contributed by atoms with E-state index in [0.29, 0.717) is 12.0 Å². The zero-order valence-electron chi connectivity index (χ0n) is 9.82. The predicted octanol–water partition coefficient (Wildman–Crippen LogP) is 2.74. The summed E-state index contributed by atoms with van der Waals surface area (Å²) in [4.78, 5) is 0. The highest BCUT2D eigenvalue weighted by molar-refractivity contribution is 4.83. The molecule has 0 radical (unpaired) electrons. The maximum absolute atomic E-state index is 10.2. The Morgan fingerprint density at radius 2 is 2.00 bits per heavy atom. The normalized spacial score (nSPS) is 34.8. The topological polar surface area (TPSA) is 29.5 Å². The lowest BCUT2D eigenvalue weighted by Crippen LogP contribution is -2.29. The Kier molecular flexibility index (Phi) is 4.04. The molecule has 0 aromatic heterocycles. The van der Waals surface area contributed by atoms with Gasteiger partial charge in [0.25, 0.3) is 0 Å². The molecule has 1 saturated heterocycles. The zero-order valence-corrected chi connectivity index (χ0v) is 9.82. The van der Waals surface area contributed by atoms with Crippen LogP contribution < -0.4 is 0 Å². The van der Waals surface area contributed by atoms with Gasteiger partial charge in [0.05, 0.1) is 12.2 Å². The molecule has 1 saturated carbocycles. The monoisotopic (exact) mass is 212 g/mol. The molecule has 2 nitrogen and oxygen atoms in total. The smallest absolute Gasteiger partial charge is 0.0626 e. The number of hydrogen-bond acceptors (Lipinski definition) is 2. The minimum Gasteiger partial charge on any atom is -0.393 e. The van der Waals surface area contributed by atoms with E-state index in [9.17, 15) is 5.11 Å². The van der Waals surface area contributed by atoms with Crippen molar-refractivity contribution in [3.8, 4) is 0 Å². The third-order valence-electron chi connectivity index (χ3n) is 4.21. The van der Waals surface area contributed by atoms with Crippen LogP contribution in [0, 0.1) is 11.8 Å². The van der Waals surface area contributed by atoms with Gasteiger partial charge in [0.15, 0.2) is 0 Å². The van der Waals surface area contributed by atoms with E-state index in [0.717, 1.165) is 31.8 Å². The number of rotatable bonds is 4. The summed E-state index contributed by atoms with van der Waals surface area (Å²) in [5.74, 6) is 1.20. The fourth-order valence-electron chi connectivity index (χ4n) is 3.29. The second kappa shape index (κ2) is 5.31. The van der Waals surface area contributed by atoms with Gasteiger partial charge in [-0.3, -0.25) is 0 Å². The molecule has 2 fully saturated rings. The quantitative estimate of drug-likeness (QED) is 0.776. The summed E-state index contributed by atoms with van der Waals surface area (Å²) in [6, 6.07) is 0. The van der Waals surface area contributed by atoms with E-state index >= 15 is 0 Å². The van der Waals surface area contributed by atoms with Gasteiger partial charge in [-0.25, -0.2) is 0 Å². The van der Waals surface area contributed by atoms with Crippen molar-refractivity contribution >= 4 is 0 Å². The van der Waals surface area contributed by atoms with Crippen LogP contribution in [0.4, 0.5) is 0 Å². The van der Waals surface area contributed by atoms with E-state index < -0.39 is 0 Å². The van der Waals surface area contributed by atoms with Crippen LogP contribution in [-0.4, -0.2) is 23.9 Å². The number of ether oxygens (including phenoxy) is 1. The van der Waals surface area contributed by atoms with Gasteiger partial charge in [-0.15, -0.1) is 0 Å². The fraction of sp³-hybridized carbons (Fsp3) is 1.00. The summed E-state index contributed by atoms with van der Waals surface area (Å²) < 4.78 is 5.64. The molecule has 3 atom stereocenters. The van der Waals surface area contributed by atoms with E-state index in [-0.39, 0.29) is 6.10 Å². The third kappa shape index (κ3) is 2.73. The molecule has 0 bridgehead atoms. The lowest BCUT2D eigenvalue weighted by Gasteiger charge is -2.24. The molecular weight excluding hydrogens is 188 g/mol. The maximum atomic E-state index is 10.2. The van der Waals surface area contributed by atoms with Crippen molar-refractivity contribution in [2.75, 3.05) is 6.61 Å². The number of aliphatic hydroxyl groups is 1. The zero-order chi connectivity index (χ0) is 10.7. The first kappa shape index (κ1) is 11.4. The van der Waals surface area contributed by atoms with Crippen molar-refractivity contribution < 1.29 is 9.84 Å². The lowest BCUT2D eigenvalue weighted by atomic mass is 9.87. The van der Waals surface area contributed by atoms with Gasteiger partial charge >= 0.3 is 0 Å². The molecule has 2 aliphatic rings. The molecule has 0 spiro atoms. The maximum Gasteiger partial charge on any atom is 0.0626 e. The predicted molar refractivity (Wildman–Crippen MR) is 60.7 cm³/mol. The van der Waals surface area contributed by atoms with Gasteiger partial charge in [-0.05, 0) is 25.2 Å². The first-order valence-corrected chi connectivity index (χ1v) is 6.61. The molecule has 1 aliphatic carbocycles. The summed E-state index contributed by atoms with van der Waals surface area (Å²) in [5, 5.41) is 10.2. The van der Waals surface area contributed by atoms with E-state index in [2.05, 4.69) is 6.92 Å². The van der Waals surface area contributed by atoms with Crippen molar-refractivity contribution in [2.45, 2.75) is 64.1 Å². The van der Waals surface area contributed by atoms with Gasteiger partial charge in [0.1, 0.15) is 0 Å². The second-order valence-electron chi connectivity index (χ2n) is 5.22. The Balaban J connectivity index is 1.80. The second-order valence-corrected chi connectivity index (χ2v) is 5.22. The molecule has 88 valence electrons. The molecule has 2 heteroatoms. The van der Waals surface area contributed by atoms with E-state index in [1.165, 1.54) is 25.7 Å². The van der Waals surface area contributed by atoms with E-state index in [1.54, 1.807) is 0 Å². The average molecular weight is 212 g/mol. The van der Waals surface area contributed by atoms with Crippen LogP contribution in [0.1, 0.15) is 51.9 Å². The first-order chi connectivity index (χ1) is 7.31. The van der Waals surface area contributed by atoms with Gasteiger partial charge in [0, 0.05) is 12.5 Å². The van der Waals surface area contributed by atoms with E-state index in [1.807, 2.05) is 0 Å². The molecule has 3 unspecified atom stereocenters. The molecule has 1 N–H and O–H groups in total. The van der Waals surface area contributed by atoms with Crippen molar-refractivity contribution in [2.24, 2.45) is 11.8 Å². The van der Waals surface area contributed by atoms with Gasteiger partial charge in [-0.2, -0.15) is 0 Å². The molecule has 0 aromatic carbocycles. The van der Waals surface area contributed by atoms with Gasteiger partial charge < -0.3 is 9.84 Å². The Morgan fingerprint density at radius 3 is 2.67 bits per heavy atom. The van der Waals surface area contributed by atoms with E-state index in [4.69, 9.17) is 4.74 Å². The van der Waals surface area contributed by atoms with Crippen LogP contribution in [0.15, 0.2) is 0 Å². The number of aliphatic hydroxyl groups excluding tert-OH is 1. The number of hydrogen-bond donors (Lipinski definition) is 1. The first-order valence-electron chi connectivity index (χ1n) is 6.61. The molecule has 1 heterocycles. The average Bonchev–Trinajstić information content (AvgIpc) is 2.86. The SMILES string of the molecule is CCC1OCCC1C(O)CC1CCCC1. The van der Waals surface area contributed by atoms with Crippen LogP contribution in [0.2, 0.25) is 0 Å². The van der Waals surface area contributed by atoms with Gasteiger partial charge in [0.2, 0.25) is 0 Å². The summed E-state index contributed by atoms with van der Waals surface area (Å²) in [7, 11) is 0. The molecule has 1 aliphatic heterocycles. The van der Waals surface area contributed by atoms with Crippen molar-refractivity contribution in [1.29, 1.82) is 0 Å². The van der Waals surface area contributed by atoms with Crippen molar-refractivity contribution in [1.82, 2.24) is 0 Å². The highest BCUT2D eigenvalue weighted by atomic mass is 16.5. The third-order valence-corrected chi connectivity index (χ3v) is 4.21. The Hall–Kier alpha value is -0.0800. The van der Waals surface area contributed by atoms with Crippen molar-refractivity contribution in [3.05, 3.63) is 0 Å². The summed E-state index contributed by atoms with van der Waals surface area (Å²) in [6.07, 6.45) is 8.75. The molecule has 0 aromatic rings. The molecule has 2 rings (SSSR count).